The molecule has 6 heteroatoms. The van der Waals surface area contributed by atoms with Gasteiger partial charge in [-0.15, -0.1) is 3.89 Å². The molecule has 0 aromatic heterocycles. The predicted octanol–water partition coefficient (Wildman–Crippen LogP) is 2.64. The Kier molecular flexibility index (Phi) is 4.10. The monoisotopic (exact) mass is 313 g/mol. The molecular weight excluding hydrogens is 293 g/mol. The Balaban J connectivity index is 2.21. The predicted molar refractivity (Wildman–Crippen MR) is 80.5 cm³/mol. The van der Waals surface area contributed by atoms with E-state index in [1.165, 1.54) is 0 Å². The Bertz CT molecular complexity index is 649. The van der Waals surface area contributed by atoms with E-state index in [4.69, 9.17) is 0 Å². The van der Waals surface area contributed by atoms with Gasteiger partial charge in [-0.1, -0.05) is 32.9 Å². The molecule has 1 aromatic carbocycles. The first-order valence-corrected chi connectivity index (χ1v) is 8.45. The van der Waals surface area contributed by atoms with Crippen LogP contribution in [0.1, 0.15) is 32.8 Å². The lowest BCUT2D eigenvalue weighted by atomic mass is 9.87. The fraction of sp³-hybridized carbons (Fsp3) is 0.533. The van der Waals surface area contributed by atoms with Gasteiger partial charge in [0, 0.05) is 24.6 Å². The van der Waals surface area contributed by atoms with Crippen molar-refractivity contribution >= 4 is 21.8 Å². The number of anilines is 1. The Hall–Kier alpha value is -1.43. The lowest BCUT2D eigenvalue weighted by Crippen LogP contribution is -2.26. The van der Waals surface area contributed by atoms with Crippen molar-refractivity contribution in [1.29, 1.82) is 0 Å². The molecule has 1 saturated heterocycles. The Morgan fingerprint density at radius 2 is 2.00 bits per heavy atom. The van der Waals surface area contributed by atoms with Crippen LogP contribution in [0.2, 0.25) is 0 Å². The molecule has 1 amide bonds. The van der Waals surface area contributed by atoms with E-state index < -0.39 is 21.9 Å². The zero-order chi connectivity index (χ0) is 15.8. The normalized spacial score (nSPS) is 20.1. The van der Waals surface area contributed by atoms with Crippen LogP contribution >= 0.6 is 0 Å². The Morgan fingerprint density at radius 1 is 1.33 bits per heavy atom. The van der Waals surface area contributed by atoms with Crippen LogP contribution in [0, 0.1) is 5.92 Å². The standard InChI is InChI=1S/C15H20FNO3S/c1-15(2,3)12-5-4-6-13(8-12)17-9-11(7-14(17)18)10-21(16,19)20/h4-6,8,11H,7,9-10H2,1-3H3. The number of carbonyl (C=O) groups excluding carboxylic acids is 1. The lowest BCUT2D eigenvalue weighted by Gasteiger charge is -2.23. The van der Waals surface area contributed by atoms with Crippen LogP contribution in [0.4, 0.5) is 9.57 Å². The van der Waals surface area contributed by atoms with Crippen molar-refractivity contribution < 1.29 is 17.1 Å². The first-order chi connectivity index (χ1) is 9.56. The van der Waals surface area contributed by atoms with E-state index >= 15 is 0 Å². The summed E-state index contributed by atoms with van der Waals surface area (Å²) in [5, 5.41) is 0. The summed E-state index contributed by atoms with van der Waals surface area (Å²) in [6.07, 6.45) is 0.0723. The van der Waals surface area contributed by atoms with E-state index in [9.17, 15) is 17.1 Å². The number of hydrogen-bond donors (Lipinski definition) is 0. The molecule has 1 aliphatic heterocycles. The number of nitrogens with zero attached hydrogens (tertiary/aromatic N) is 1. The fourth-order valence-electron chi connectivity index (χ4n) is 2.56. The molecule has 0 radical (unpaired) electrons. The third-order valence-electron chi connectivity index (χ3n) is 3.66. The van der Waals surface area contributed by atoms with Gasteiger partial charge in [0.05, 0.1) is 5.75 Å². The summed E-state index contributed by atoms with van der Waals surface area (Å²) in [5.41, 5.74) is 1.79. The third-order valence-corrected chi connectivity index (χ3v) is 4.53. The summed E-state index contributed by atoms with van der Waals surface area (Å²) in [6, 6.07) is 7.62. The molecule has 1 aliphatic rings. The summed E-state index contributed by atoms with van der Waals surface area (Å²) in [6.45, 7) is 6.48. The van der Waals surface area contributed by atoms with Gasteiger partial charge in [-0.25, -0.2) is 0 Å². The maximum Gasteiger partial charge on any atom is 0.302 e. The molecule has 1 unspecified atom stereocenters. The molecule has 0 spiro atoms. The molecule has 1 fully saturated rings. The molecule has 0 saturated carbocycles. The fourth-order valence-corrected chi connectivity index (χ4v) is 3.35. The molecule has 0 N–H and O–H groups in total. The minimum Gasteiger partial charge on any atom is -0.312 e. The number of halogens is 1. The van der Waals surface area contributed by atoms with Crippen molar-refractivity contribution in [1.82, 2.24) is 0 Å². The molecule has 116 valence electrons. The van der Waals surface area contributed by atoms with E-state index in [1.54, 1.807) is 4.90 Å². The molecule has 1 aromatic rings. The highest BCUT2D eigenvalue weighted by atomic mass is 32.3. The van der Waals surface area contributed by atoms with Gasteiger partial charge in [0.2, 0.25) is 5.91 Å². The van der Waals surface area contributed by atoms with Gasteiger partial charge in [-0.2, -0.15) is 8.42 Å². The zero-order valence-electron chi connectivity index (χ0n) is 12.5. The molecule has 4 nitrogen and oxygen atoms in total. The van der Waals surface area contributed by atoms with Gasteiger partial charge in [-0.05, 0) is 23.1 Å². The SMILES string of the molecule is CC(C)(C)c1cccc(N2CC(CS(=O)(=O)F)CC2=O)c1. The van der Waals surface area contributed by atoms with Crippen LogP contribution in [-0.4, -0.2) is 26.6 Å². The van der Waals surface area contributed by atoms with Crippen molar-refractivity contribution in [3.63, 3.8) is 0 Å². The lowest BCUT2D eigenvalue weighted by molar-refractivity contribution is -0.117. The number of rotatable bonds is 3. The maximum absolute atomic E-state index is 12.8. The van der Waals surface area contributed by atoms with Crippen molar-refractivity contribution in [2.24, 2.45) is 5.92 Å². The van der Waals surface area contributed by atoms with E-state index in [1.807, 2.05) is 24.3 Å². The first-order valence-electron chi connectivity index (χ1n) is 6.89. The van der Waals surface area contributed by atoms with Crippen LogP contribution in [0.15, 0.2) is 24.3 Å². The van der Waals surface area contributed by atoms with Crippen LogP contribution < -0.4 is 4.90 Å². The van der Waals surface area contributed by atoms with Crippen molar-refractivity contribution in [2.75, 3.05) is 17.2 Å². The van der Waals surface area contributed by atoms with Crippen LogP contribution in [-0.2, 0) is 20.4 Å². The second-order valence-corrected chi connectivity index (χ2v) is 7.99. The summed E-state index contributed by atoms with van der Waals surface area (Å²) >= 11 is 0. The van der Waals surface area contributed by atoms with Gasteiger partial charge in [-0.3, -0.25) is 4.79 Å². The topological polar surface area (TPSA) is 54.5 Å². The van der Waals surface area contributed by atoms with Gasteiger partial charge >= 0.3 is 10.2 Å². The summed E-state index contributed by atoms with van der Waals surface area (Å²) < 4.78 is 34.2. The number of benzene rings is 1. The summed E-state index contributed by atoms with van der Waals surface area (Å²) in [5.74, 6) is -1.23. The average Bonchev–Trinajstić information content (AvgIpc) is 2.67. The van der Waals surface area contributed by atoms with Crippen molar-refractivity contribution in [2.45, 2.75) is 32.6 Å². The van der Waals surface area contributed by atoms with Gasteiger partial charge in [0.25, 0.3) is 0 Å². The Morgan fingerprint density at radius 3 is 2.57 bits per heavy atom. The maximum atomic E-state index is 12.8. The largest absolute Gasteiger partial charge is 0.312 e. The molecule has 0 aliphatic carbocycles. The van der Waals surface area contributed by atoms with E-state index in [0.29, 0.717) is 0 Å². The molecule has 1 heterocycles. The van der Waals surface area contributed by atoms with Gasteiger partial charge in [0.1, 0.15) is 0 Å². The highest BCUT2D eigenvalue weighted by Gasteiger charge is 2.33. The van der Waals surface area contributed by atoms with E-state index in [2.05, 4.69) is 20.8 Å². The van der Waals surface area contributed by atoms with Gasteiger partial charge in [0.15, 0.2) is 0 Å². The molecule has 21 heavy (non-hydrogen) atoms. The van der Waals surface area contributed by atoms with Crippen molar-refractivity contribution in [3.05, 3.63) is 29.8 Å². The van der Waals surface area contributed by atoms with Crippen LogP contribution in [0.25, 0.3) is 0 Å². The molecule has 1 atom stereocenters. The molecule has 2 rings (SSSR count). The zero-order valence-corrected chi connectivity index (χ0v) is 13.3. The molecular formula is C15H20FNO3S. The second kappa shape index (κ2) is 5.40. The van der Waals surface area contributed by atoms with Gasteiger partial charge < -0.3 is 4.90 Å². The smallest absolute Gasteiger partial charge is 0.302 e. The van der Waals surface area contributed by atoms with Crippen LogP contribution in [0.5, 0.6) is 0 Å². The number of amides is 1. The quantitative estimate of drug-likeness (QED) is 0.806. The number of hydrogen-bond acceptors (Lipinski definition) is 3. The number of carbonyl (C=O) groups is 1. The van der Waals surface area contributed by atoms with Crippen LogP contribution in [0.3, 0.4) is 0 Å². The van der Waals surface area contributed by atoms with E-state index in [-0.39, 0.29) is 24.3 Å². The van der Waals surface area contributed by atoms with Crippen molar-refractivity contribution in [3.8, 4) is 0 Å². The summed E-state index contributed by atoms with van der Waals surface area (Å²) in [7, 11) is -4.55. The molecule has 0 bridgehead atoms. The van der Waals surface area contributed by atoms with E-state index in [0.717, 1.165) is 11.3 Å². The second-order valence-electron chi connectivity index (χ2n) is 6.58. The average molecular weight is 313 g/mol. The third kappa shape index (κ3) is 4.03. The highest BCUT2D eigenvalue weighted by molar-refractivity contribution is 7.86. The highest BCUT2D eigenvalue weighted by Crippen LogP contribution is 2.30. The first kappa shape index (κ1) is 15.9. The Labute approximate surface area is 125 Å². The minimum atomic E-state index is -4.55. The summed E-state index contributed by atoms with van der Waals surface area (Å²) in [4.78, 5) is 13.6. The minimum absolute atomic E-state index is 0.0412.